The molecule has 0 saturated carbocycles. The van der Waals surface area contributed by atoms with Crippen molar-refractivity contribution in [2.45, 2.75) is 32.9 Å². The summed E-state index contributed by atoms with van der Waals surface area (Å²) in [4.78, 5) is 3.82. The molecule has 16 heavy (non-hydrogen) atoms. The monoisotopic (exact) mass is 263 g/mol. The molecule has 0 aliphatic carbocycles. The van der Waals surface area contributed by atoms with E-state index in [-0.39, 0.29) is 11.6 Å². The summed E-state index contributed by atoms with van der Waals surface area (Å²) in [5, 5.41) is 14.8. The second-order valence-electron chi connectivity index (χ2n) is 4.66. The van der Waals surface area contributed by atoms with Gasteiger partial charge in [0, 0.05) is 5.54 Å². The van der Waals surface area contributed by atoms with E-state index in [1.165, 1.54) is 22.9 Å². The van der Waals surface area contributed by atoms with Gasteiger partial charge < -0.3 is 5.11 Å². The maximum atomic E-state index is 10.6. The van der Waals surface area contributed by atoms with E-state index in [9.17, 15) is 5.11 Å². The Morgan fingerprint density at radius 1 is 1.50 bits per heavy atom. The Morgan fingerprint density at radius 2 is 2.12 bits per heavy atom. The predicted molar refractivity (Wildman–Crippen MR) is 64.2 cm³/mol. The van der Waals surface area contributed by atoms with Crippen LogP contribution in [-0.4, -0.2) is 25.5 Å². The van der Waals surface area contributed by atoms with Gasteiger partial charge in [-0.2, -0.15) is 5.10 Å². The highest BCUT2D eigenvalue weighted by atomic mass is 35.5. The van der Waals surface area contributed by atoms with Crippen molar-refractivity contribution in [3.63, 3.8) is 0 Å². The van der Waals surface area contributed by atoms with Crippen LogP contribution >= 0.6 is 23.2 Å². The van der Waals surface area contributed by atoms with Gasteiger partial charge in [0.25, 0.3) is 0 Å². The molecule has 90 valence electrons. The molecule has 1 atom stereocenters. The lowest BCUT2D eigenvalue weighted by molar-refractivity contribution is -0.0344. The summed E-state index contributed by atoms with van der Waals surface area (Å²) in [6, 6.07) is 0. The molecule has 1 aromatic heterocycles. The van der Waals surface area contributed by atoms with E-state index >= 15 is 0 Å². The molecule has 1 aromatic rings. The molecule has 0 aliphatic rings. The van der Waals surface area contributed by atoms with Crippen LogP contribution in [0.1, 0.15) is 20.8 Å². The second kappa shape index (κ2) is 4.73. The zero-order valence-electron chi connectivity index (χ0n) is 9.48. The first-order valence-corrected chi connectivity index (χ1v) is 5.64. The minimum atomic E-state index is -1.27. The number of aliphatic hydroxyl groups is 1. The summed E-state index contributed by atoms with van der Waals surface area (Å²) >= 11 is 11.6. The lowest BCUT2D eigenvalue weighted by Crippen LogP contribution is -2.47. The van der Waals surface area contributed by atoms with Crippen molar-refractivity contribution in [1.29, 1.82) is 0 Å². The Labute approximate surface area is 105 Å². The van der Waals surface area contributed by atoms with Crippen LogP contribution in [0.4, 0.5) is 0 Å². The van der Waals surface area contributed by atoms with Crippen LogP contribution in [0.15, 0.2) is 23.2 Å². The first-order valence-electron chi connectivity index (χ1n) is 4.82. The van der Waals surface area contributed by atoms with Crippen molar-refractivity contribution in [2.24, 2.45) is 5.41 Å². The number of halogens is 2. The molecule has 0 aromatic carbocycles. The molecule has 0 radical (unpaired) electrons. The van der Waals surface area contributed by atoms with Gasteiger partial charge in [0.15, 0.2) is 0 Å². The third kappa shape index (κ3) is 2.56. The van der Waals surface area contributed by atoms with Gasteiger partial charge >= 0.3 is 0 Å². The van der Waals surface area contributed by atoms with Crippen LogP contribution in [0.5, 0.6) is 0 Å². The summed E-state index contributed by atoms with van der Waals surface area (Å²) < 4.78 is 1.52. The van der Waals surface area contributed by atoms with Crippen molar-refractivity contribution in [3.05, 3.63) is 23.2 Å². The maximum Gasteiger partial charge on any atom is 0.137 e. The van der Waals surface area contributed by atoms with Crippen molar-refractivity contribution < 1.29 is 5.11 Å². The Bertz CT molecular complexity index is 370. The average molecular weight is 264 g/mol. The predicted octanol–water partition coefficient (Wildman–Crippen LogP) is 2.37. The largest absolute Gasteiger partial charge is 0.382 e. The molecule has 6 heteroatoms. The molecular formula is C10H15Cl2N3O. The molecule has 1 unspecified atom stereocenters. The minimum Gasteiger partial charge on any atom is -0.382 e. The standard InChI is InChI=1S/C10H15Cl2N3O/c1-9(2,3)10(16,8(12)4-11)5-15-7-13-6-14-15/h4,6-7,16H,5H2,1-3H3. The van der Waals surface area contributed by atoms with Gasteiger partial charge in [-0.05, 0) is 5.41 Å². The van der Waals surface area contributed by atoms with Gasteiger partial charge in [-0.1, -0.05) is 44.0 Å². The van der Waals surface area contributed by atoms with Gasteiger partial charge in [-0.15, -0.1) is 0 Å². The fourth-order valence-corrected chi connectivity index (χ4v) is 1.83. The lowest BCUT2D eigenvalue weighted by Gasteiger charge is -2.39. The Kier molecular flexibility index (Phi) is 3.99. The van der Waals surface area contributed by atoms with Crippen LogP contribution in [-0.2, 0) is 6.54 Å². The minimum absolute atomic E-state index is 0.192. The lowest BCUT2D eigenvalue weighted by atomic mass is 9.76. The van der Waals surface area contributed by atoms with Crippen LogP contribution in [0.2, 0.25) is 0 Å². The summed E-state index contributed by atoms with van der Waals surface area (Å²) in [7, 11) is 0. The maximum absolute atomic E-state index is 10.6. The number of aromatic nitrogens is 3. The van der Waals surface area contributed by atoms with Crippen molar-refractivity contribution >= 4 is 23.2 Å². The van der Waals surface area contributed by atoms with E-state index < -0.39 is 11.0 Å². The average Bonchev–Trinajstić information content (AvgIpc) is 2.67. The van der Waals surface area contributed by atoms with Gasteiger partial charge in [0.2, 0.25) is 0 Å². The highest BCUT2D eigenvalue weighted by Crippen LogP contribution is 2.39. The fourth-order valence-electron chi connectivity index (χ4n) is 1.31. The number of hydrogen-bond acceptors (Lipinski definition) is 3. The molecule has 0 amide bonds. The Hall–Kier alpha value is -0.580. The summed E-state index contributed by atoms with van der Waals surface area (Å²) in [6.45, 7) is 5.85. The van der Waals surface area contributed by atoms with Crippen LogP contribution in [0, 0.1) is 5.41 Å². The topological polar surface area (TPSA) is 50.9 Å². The quantitative estimate of drug-likeness (QED) is 0.911. The summed E-state index contributed by atoms with van der Waals surface area (Å²) in [5.74, 6) is 0. The molecule has 0 saturated heterocycles. The zero-order valence-corrected chi connectivity index (χ0v) is 11.0. The molecule has 1 N–H and O–H groups in total. The van der Waals surface area contributed by atoms with E-state index in [0.717, 1.165) is 0 Å². The van der Waals surface area contributed by atoms with Gasteiger partial charge in [0.1, 0.15) is 18.3 Å². The number of nitrogens with zero attached hydrogens (tertiary/aromatic N) is 3. The summed E-state index contributed by atoms with van der Waals surface area (Å²) in [5.41, 5.74) is -0.560. The third-order valence-corrected chi connectivity index (χ3v) is 3.34. The van der Waals surface area contributed by atoms with Crippen molar-refractivity contribution in [3.8, 4) is 0 Å². The molecular weight excluding hydrogens is 249 g/mol. The smallest absolute Gasteiger partial charge is 0.137 e. The molecule has 0 fully saturated rings. The van der Waals surface area contributed by atoms with Crippen LogP contribution in [0.25, 0.3) is 0 Å². The molecule has 0 aliphatic heterocycles. The van der Waals surface area contributed by atoms with E-state index in [2.05, 4.69) is 10.1 Å². The SMILES string of the molecule is CC(C)(C)C(O)(Cn1cncn1)C(Cl)=CCl. The van der Waals surface area contributed by atoms with Gasteiger partial charge in [0.05, 0.1) is 11.6 Å². The van der Waals surface area contributed by atoms with Gasteiger partial charge in [-0.3, -0.25) is 0 Å². The Balaban J connectivity index is 3.06. The molecule has 0 spiro atoms. The highest BCUT2D eigenvalue weighted by Gasteiger charge is 2.43. The van der Waals surface area contributed by atoms with E-state index in [4.69, 9.17) is 23.2 Å². The first kappa shape index (κ1) is 13.5. The normalized spacial score (nSPS) is 17.2. The zero-order chi connectivity index (χ0) is 12.4. The molecule has 4 nitrogen and oxygen atoms in total. The number of hydrogen-bond donors (Lipinski definition) is 1. The van der Waals surface area contributed by atoms with Crippen molar-refractivity contribution in [1.82, 2.24) is 14.8 Å². The van der Waals surface area contributed by atoms with E-state index in [1.54, 1.807) is 0 Å². The third-order valence-electron chi connectivity index (χ3n) is 2.59. The molecule has 0 bridgehead atoms. The number of rotatable bonds is 3. The highest BCUT2D eigenvalue weighted by molar-refractivity contribution is 6.37. The van der Waals surface area contributed by atoms with E-state index in [0.29, 0.717) is 0 Å². The van der Waals surface area contributed by atoms with Crippen LogP contribution < -0.4 is 0 Å². The Morgan fingerprint density at radius 3 is 2.50 bits per heavy atom. The summed E-state index contributed by atoms with van der Waals surface area (Å²) in [6.07, 6.45) is 2.93. The van der Waals surface area contributed by atoms with Gasteiger partial charge in [-0.25, -0.2) is 9.67 Å². The van der Waals surface area contributed by atoms with Crippen LogP contribution in [0.3, 0.4) is 0 Å². The van der Waals surface area contributed by atoms with Crippen molar-refractivity contribution in [2.75, 3.05) is 0 Å². The molecule has 1 heterocycles. The second-order valence-corrected chi connectivity index (χ2v) is 5.29. The first-order chi connectivity index (χ1) is 7.31. The fraction of sp³-hybridized carbons (Fsp3) is 0.600. The molecule has 1 rings (SSSR count). The van der Waals surface area contributed by atoms with E-state index in [1.807, 2.05) is 20.8 Å².